The highest BCUT2D eigenvalue weighted by Gasteiger charge is 2.36. The van der Waals surface area contributed by atoms with Gasteiger partial charge in [0.2, 0.25) is 0 Å². The predicted octanol–water partition coefficient (Wildman–Crippen LogP) is 5.72. The van der Waals surface area contributed by atoms with E-state index in [1.54, 1.807) is 26.0 Å². The van der Waals surface area contributed by atoms with E-state index < -0.39 is 23.6 Å². The van der Waals surface area contributed by atoms with Crippen molar-refractivity contribution < 1.29 is 27.0 Å². The van der Waals surface area contributed by atoms with Crippen molar-refractivity contribution in [1.82, 2.24) is 14.9 Å². The molecular weight excluding hydrogens is 490 g/mol. The number of hydrogen-bond donors (Lipinski definition) is 2. The van der Waals surface area contributed by atoms with Crippen LogP contribution in [0.2, 0.25) is 0 Å². The van der Waals surface area contributed by atoms with Gasteiger partial charge >= 0.3 is 6.18 Å². The van der Waals surface area contributed by atoms with Crippen molar-refractivity contribution in [3.63, 3.8) is 0 Å². The topological polar surface area (TPSA) is 85.5 Å². The number of aryl methyl sites for hydroxylation is 1. The Morgan fingerprint density at radius 2 is 1.86 bits per heavy atom. The second-order valence-electron chi connectivity index (χ2n) is 9.49. The van der Waals surface area contributed by atoms with Gasteiger partial charge in [0.15, 0.2) is 11.5 Å². The van der Waals surface area contributed by atoms with E-state index in [4.69, 9.17) is 15.2 Å². The molecule has 200 valence electrons. The third-order valence-corrected chi connectivity index (χ3v) is 6.77. The van der Waals surface area contributed by atoms with Crippen LogP contribution >= 0.6 is 0 Å². The number of nitrogen functional groups attached to an aromatic ring is 1. The number of methoxy groups -OCH3 is 1. The van der Waals surface area contributed by atoms with Gasteiger partial charge in [-0.15, -0.1) is 0 Å². The van der Waals surface area contributed by atoms with Gasteiger partial charge in [-0.25, -0.2) is 14.4 Å². The molecule has 2 heterocycles. The number of fused-ring (bicyclic) bond motifs is 1. The summed E-state index contributed by atoms with van der Waals surface area (Å²) in [4.78, 5) is 11.2. The quantitative estimate of drug-likeness (QED) is 0.304. The molecule has 1 saturated heterocycles. The van der Waals surface area contributed by atoms with Crippen LogP contribution in [0, 0.1) is 12.7 Å². The van der Waals surface area contributed by atoms with Gasteiger partial charge in [0.05, 0.1) is 24.2 Å². The first-order valence-electron chi connectivity index (χ1n) is 12.0. The van der Waals surface area contributed by atoms with Crippen LogP contribution in [0.25, 0.3) is 10.9 Å². The van der Waals surface area contributed by atoms with E-state index in [9.17, 15) is 17.6 Å². The molecule has 0 amide bonds. The molecule has 3 N–H and O–H groups in total. The average molecular weight is 522 g/mol. The van der Waals surface area contributed by atoms with Crippen LogP contribution in [0.15, 0.2) is 24.3 Å². The van der Waals surface area contributed by atoms with Crippen LogP contribution in [0.1, 0.15) is 49.7 Å². The van der Waals surface area contributed by atoms with Crippen LogP contribution in [-0.2, 0) is 6.18 Å². The lowest BCUT2D eigenvalue weighted by atomic mass is 10.0. The Labute approximate surface area is 213 Å². The van der Waals surface area contributed by atoms with Gasteiger partial charge in [-0.05, 0) is 65.4 Å². The zero-order valence-corrected chi connectivity index (χ0v) is 21.4. The summed E-state index contributed by atoms with van der Waals surface area (Å²) in [5.41, 5.74) is 4.40. The second kappa shape index (κ2) is 10.2. The number of rotatable bonds is 7. The predicted molar refractivity (Wildman–Crippen MR) is 134 cm³/mol. The number of hydrogen-bond acceptors (Lipinski definition) is 7. The highest BCUT2D eigenvalue weighted by molar-refractivity contribution is 5.92. The van der Waals surface area contributed by atoms with Crippen molar-refractivity contribution in [1.29, 1.82) is 0 Å². The normalized spacial score (nSPS) is 18.1. The van der Waals surface area contributed by atoms with E-state index in [2.05, 4.69) is 27.2 Å². The molecule has 0 bridgehead atoms. The van der Waals surface area contributed by atoms with Crippen LogP contribution in [0.5, 0.6) is 11.5 Å². The maximum absolute atomic E-state index is 14.9. The third kappa shape index (κ3) is 5.51. The Bertz CT molecular complexity index is 1300. The summed E-state index contributed by atoms with van der Waals surface area (Å²) in [5, 5.41) is 3.61. The minimum absolute atomic E-state index is 0.122. The van der Waals surface area contributed by atoms with Crippen molar-refractivity contribution in [2.45, 2.75) is 58.0 Å². The Morgan fingerprint density at radius 1 is 1.14 bits per heavy atom. The number of nitrogens with zero attached hydrogens (tertiary/aromatic N) is 3. The summed E-state index contributed by atoms with van der Waals surface area (Å²) < 4.78 is 66.8. The van der Waals surface area contributed by atoms with E-state index in [0.717, 1.165) is 19.4 Å². The molecule has 1 fully saturated rings. The summed E-state index contributed by atoms with van der Waals surface area (Å²) in [7, 11) is 3.60. The molecule has 3 aromatic rings. The molecule has 11 heteroatoms. The zero-order valence-electron chi connectivity index (χ0n) is 21.4. The number of benzene rings is 2. The maximum Gasteiger partial charge on any atom is 0.419 e. The number of likely N-dealkylation sites (tertiary alicyclic amines) is 1. The molecule has 1 aromatic heterocycles. The molecule has 0 radical (unpaired) electrons. The van der Waals surface area contributed by atoms with Crippen molar-refractivity contribution in [3.8, 4) is 11.5 Å². The molecule has 3 atom stereocenters. The number of likely N-dealkylation sites (N-methyl/N-ethyl adjacent to an activating group) is 1. The fourth-order valence-electron chi connectivity index (χ4n) is 4.90. The molecule has 0 aliphatic carbocycles. The molecule has 4 rings (SSSR count). The molecule has 37 heavy (non-hydrogen) atoms. The Kier molecular flexibility index (Phi) is 7.36. The standard InChI is InChI=1S/C26H31F4N5O2/c1-13(17-9-16(31)10-19(24(17)27)26(28,29)30)32-25-18-11-23(37-14(2)21-7-6-8-35(21)4)22(36-5)12-20(18)33-15(3)34-25/h9-14,21H,6-8,31H2,1-5H3,(H,32,33,34)/t13-,14-,21+/m1/s1. The fourth-order valence-corrected chi connectivity index (χ4v) is 4.90. The summed E-state index contributed by atoms with van der Waals surface area (Å²) >= 11 is 0. The number of halogens is 4. The first kappa shape index (κ1) is 26.7. The highest BCUT2D eigenvalue weighted by Crippen LogP contribution is 2.39. The van der Waals surface area contributed by atoms with E-state index in [-0.39, 0.29) is 23.4 Å². The van der Waals surface area contributed by atoms with Gasteiger partial charge in [0, 0.05) is 28.7 Å². The van der Waals surface area contributed by atoms with Gasteiger partial charge in [-0.3, -0.25) is 4.90 Å². The highest BCUT2D eigenvalue weighted by atomic mass is 19.4. The van der Waals surface area contributed by atoms with Crippen LogP contribution in [0.3, 0.4) is 0 Å². The van der Waals surface area contributed by atoms with Crippen LogP contribution in [0.4, 0.5) is 29.1 Å². The Morgan fingerprint density at radius 3 is 2.49 bits per heavy atom. The van der Waals surface area contributed by atoms with Gasteiger partial charge < -0.3 is 20.5 Å². The molecule has 0 spiro atoms. The summed E-state index contributed by atoms with van der Waals surface area (Å²) in [6, 6.07) is 4.61. The van der Waals surface area contributed by atoms with E-state index in [1.165, 1.54) is 13.2 Å². The Hall–Kier alpha value is -3.34. The van der Waals surface area contributed by atoms with Gasteiger partial charge in [0.1, 0.15) is 23.6 Å². The lowest BCUT2D eigenvalue weighted by Crippen LogP contribution is -2.38. The Balaban J connectivity index is 1.73. The van der Waals surface area contributed by atoms with Gasteiger partial charge in [-0.2, -0.15) is 13.2 Å². The van der Waals surface area contributed by atoms with Crippen LogP contribution in [-0.4, -0.2) is 47.7 Å². The number of ether oxygens (including phenoxy) is 2. The average Bonchev–Trinajstić information content (AvgIpc) is 3.25. The molecule has 1 aliphatic rings. The van der Waals surface area contributed by atoms with Gasteiger partial charge in [0.25, 0.3) is 0 Å². The molecule has 0 saturated carbocycles. The molecular formula is C26H31F4N5O2. The second-order valence-corrected chi connectivity index (χ2v) is 9.49. The van der Waals surface area contributed by atoms with Crippen molar-refractivity contribution in [2.75, 3.05) is 31.8 Å². The minimum Gasteiger partial charge on any atom is -0.493 e. The molecule has 7 nitrogen and oxygen atoms in total. The third-order valence-electron chi connectivity index (χ3n) is 6.77. The van der Waals surface area contributed by atoms with E-state index in [0.29, 0.717) is 40.1 Å². The number of nitrogens with one attached hydrogen (secondary N) is 1. The fraction of sp³-hybridized carbons (Fsp3) is 0.462. The lowest BCUT2D eigenvalue weighted by Gasteiger charge is -2.27. The smallest absolute Gasteiger partial charge is 0.419 e. The van der Waals surface area contributed by atoms with Crippen molar-refractivity contribution in [3.05, 3.63) is 47.0 Å². The van der Waals surface area contributed by atoms with Gasteiger partial charge in [-0.1, -0.05) is 0 Å². The summed E-state index contributed by atoms with van der Waals surface area (Å²) in [6.45, 7) is 6.24. The SMILES string of the molecule is COc1cc2nc(C)nc(N[C@H](C)c3cc(N)cc(C(F)(F)F)c3F)c2cc1O[C@H](C)[C@@H]1CCCN1C. The maximum atomic E-state index is 14.9. The lowest BCUT2D eigenvalue weighted by molar-refractivity contribution is -0.140. The van der Waals surface area contributed by atoms with E-state index in [1.807, 2.05) is 6.92 Å². The molecule has 2 aromatic carbocycles. The summed E-state index contributed by atoms with van der Waals surface area (Å²) in [6.07, 6.45) is -2.88. The minimum atomic E-state index is -4.88. The number of aromatic nitrogens is 2. The van der Waals surface area contributed by atoms with Crippen molar-refractivity contribution in [2.24, 2.45) is 0 Å². The molecule has 1 aliphatic heterocycles. The summed E-state index contributed by atoms with van der Waals surface area (Å²) in [5.74, 6) is 0.345. The number of alkyl halides is 3. The number of anilines is 2. The zero-order chi connectivity index (χ0) is 27.1. The van der Waals surface area contributed by atoms with Crippen molar-refractivity contribution >= 4 is 22.4 Å². The first-order chi connectivity index (χ1) is 17.4. The monoisotopic (exact) mass is 521 g/mol. The van der Waals surface area contributed by atoms with Crippen LogP contribution < -0.4 is 20.5 Å². The number of nitrogens with two attached hydrogens (primary N) is 1. The largest absolute Gasteiger partial charge is 0.493 e. The molecule has 0 unspecified atom stereocenters. The first-order valence-corrected chi connectivity index (χ1v) is 12.0. The van der Waals surface area contributed by atoms with E-state index >= 15 is 0 Å².